The summed E-state index contributed by atoms with van der Waals surface area (Å²) in [7, 11) is 0. The fourth-order valence-electron chi connectivity index (χ4n) is 9.24. The SMILES string of the molecule is Brc1ccccc1C#Cc1ccccc1.Brc1ccccc1I.C(#Cc1ccccc1-c1ccc2oc3ccccc3c2c1)c1ccccc1.c1ccc(-c2cc3ccccc3c3cc4c(cc23)oc2ccccc24)cc1. The van der Waals surface area contributed by atoms with Crippen molar-refractivity contribution in [1.29, 1.82) is 0 Å². The minimum absolute atomic E-state index is 0.910. The lowest BCUT2D eigenvalue weighted by Crippen LogP contribution is -1.85. The molecular formula is C72H45Br2IO2. The Morgan fingerprint density at radius 1 is 0.286 bits per heavy atom. The van der Waals surface area contributed by atoms with Crippen molar-refractivity contribution in [2.24, 2.45) is 0 Å². The number of rotatable bonds is 2. The van der Waals surface area contributed by atoms with E-state index in [-0.39, 0.29) is 0 Å². The smallest absolute Gasteiger partial charge is 0.136 e. The largest absolute Gasteiger partial charge is 0.456 e. The van der Waals surface area contributed by atoms with E-state index in [9.17, 15) is 0 Å². The summed E-state index contributed by atoms with van der Waals surface area (Å²) in [5.74, 6) is 12.9. The predicted molar refractivity (Wildman–Crippen MR) is 339 cm³/mol. The minimum atomic E-state index is 0.910. The fraction of sp³-hybridized carbons (Fsp3) is 0. The highest BCUT2D eigenvalue weighted by Gasteiger charge is 2.14. The van der Waals surface area contributed by atoms with Gasteiger partial charge in [-0.1, -0.05) is 200 Å². The summed E-state index contributed by atoms with van der Waals surface area (Å²) < 4.78 is 15.6. The standard InChI is InChI=1S/2C26H16O.C14H9Br.C6H4BrI/c1-2-8-17(9-3-1)21-14-18-10-4-5-11-19(18)22-15-24-20-12-6-7-13-25(20)27-26(24)16-23(21)22;1-2-8-19(9-3-1)14-15-20-10-4-5-11-22(20)21-16-17-26-24(18-21)23-12-6-7-13-25(23)27-26;15-14-9-5-4-8-13(14)11-10-12-6-2-1-3-7-12;7-5-3-1-2-4-6(5)8/h1-16H;1-13,16-18H;1-9H;1-4H. The third-order valence-electron chi connectivity index (χ3n) is 13.0. The molecule has 77 heavy (non-hydrogen) atoms. The maximum Gasteiger partial charge on any atom is 0.136 e. The maximum absolute atomic E-state index is 6.16. The Balaban J connectivity index is 0.000000118. The second-order valence-corrected chi connectivity index (χ2v) is 20.9. The zero-order valence-electron chi connectivity index (χ0n) is 41.4. The van der Waals surface area contributed by atoms with E-state index in [1.54, 1.807) is 0 Å². The van der Waals surface area contributed by atoms with Crippen LogP contribution in [0.2, 0.25) is 0 Å². The lowest BCUT2D eigenvalue weighted by atomic mass is 9.92. The van der Waals surface area contributed by atoms with Gasteiger partial charge in [0.2, 0.25) is 0 Å². The third-order valence-corrected chi connectivity index (χ3v) is 16.1. The van der Waals surface area contributed by atoms with E-state index >= 15 is 0 Å². The molecule has 0 bridgehead atoms. The summed E-state index contributed by atoms with van der Waals surface area (Å²) in [6.45, 7) is 0. The van der Waals surface area contributed by atoms with Crippen LogP contribution < -0.4 is 0 Å². The molecule has 0 N–H and O–H groups in total. The van der Waals surface area contributed by atoms with Gasteiger partial charge < -0.3 is 8.83 Å². The van der Waals surface area contributed by atoms with Gasteiger partial charge in [-0.05, 0) is 195 Å². The molecule has 14 rings (SSSR count). The lowest BCUT2D eigenvalue weighted by molar-refractivity contribution is 0.669. The van der Waals surface area contributed by atoms with Crippen LogP contribution in [0.25, 0.3) is 87.7 Å². The molecule has 0 radical (unpaired) electrons. The Morgan fingerprint density at radius 2 is 0.779 bits per heavy atom. The molecule has 0 aliphatic carbocycles. The van der Waals surface area contributed by atoms with E-state index in [0.717, 1.165) is 71.0 Å². The molecule has 0 spiro atoms. The topological polar surface area (TPSA) is 26.3 Å². The molecule has 14 aromatic rings. The molecular weight excluding hydrogens is 1180 g/mol. The maximum atomic E-state index is 6.16. The van der Waals surface area contributed by atoms with Crippen LogP contribution in [0.15, 0.2) is 291 Å². The van der Waals surface area contributed by atoms with E-state index in [0.29, 0.717) is 0 Å². The van der Waals surface area contributed by atoms with Crippen molar-refractivity contribution in [3.8, 4) is 45.9 Å². The lowest BCUT2D eigenvalue weighted by Gasteiger charge is -2.11. The zero-order chi connectivity index (χ0) is 52.3. The normalized spacial score (nSPS) is 10.6. The molecule has 0 aliphatic rings. The number of hydrogen-bond donors (Lipinski definition) is 0. The van der Waals surface area contributed by atoms with Crippen LogP contribution in [0, 0.1) is 27.3 Å². The van der Waals surface area contributed by atoms with Crippen molar-refractivity contribution in [2.45, 2.75) is 0 Å². The Bertz CT molecular complexity index is 4480. The average molecular weight is 1230 g/mol. The molecule has 12 aromatic carbocycles. The van der Waals surface area contributed by atoms with E-state index in [1.165, 1.54) is 51.5 Å². The van der Waals surface area contributed by atoms with Crippen LogP contribution in [-0.2, 0) is 0 Å². The Labute approximate surface area is 478 Å². The molecule has 5 heteroatoms. The number of halogens is 3. The van der Waals surface area contributed by atoms with Gasteiger partial charge in [0.25, 0.3) is 0 Å². The minimum Gasteiger partial charge on any atom is -0.456 e. The second-order valence-electron chi connectivity index (χ2n) is 18.0. The van der Waals surface area contributed by atoms with Crippen LogP contribution in [0.1, 0.15) is 22.3 Å². The van der Waals surface area contributed by atoms with Crippen molar-refractivity contribution in [1.82, 2.24) is 0 Å². The highest BCUT2D eigenvalue weighted by molar-refractivity contribution is 14.1. The summed E-state index contributed by atoms with van der Waals surface area (Å²) in [5.41, 5.74) is 12.5. The molecule has 0 aliphatic heterocycles. The Kier molecular flexibility index (Phi) is 15.8. The number of furan rings is 2. The van der Waals surface area contributed by atoms with Gasteiger partial charge >= 0.3 is 0 Å². The molecule has 0 fully saturated rings. The summed E-state index contributed by atoms with van der Waals surface area (Å²) in [5, 5.41) is 9.65. The van der Waals surface area contributed by atoms with Gasteiger partial charge in [0.15, 0.2) is 0 Å². The Hall–Kier alpha value is -8.43. The zero-order valence-corrected chi connectivity index (χ0v) is 46.8. The monoisotopic (exact) mass is 1230 g/mol. The number of fused-ring (bicyclic) bond motifs is 9. The number of hydrogen-bond acceptors (Lipinski definition) is 2. The first kappa shape index (κ1) is 50.7. The molecule has 2 heterocycles. The van der Waals surface area contributed by atoms with E-state index < -0.39 is 0 Å². The predicted octanol–water partition coefficient (Wildman–Crippen LogP) is 21.1. The molecule has 0 atom stereocenters. The first-order valence-electron chi connectivity index (χ1n) is 25.0. The van der Waals surface area contributed by atoms with Gasteiger partial charge in [-0.2, -0.15) is 0 Å². The third kappa shape index (κ3) is 11.9. The summed E-state index contributed by atoms with van der Waals surface area (Å²) in [4.78, 5) is 0. The van der Waals surface area contributed by atoms with Crippen molar-refractivity contribution >= 4 is 120 Å². The summed E-state index contributed by atoms with van der Waals surface area (Å²) in [6.07, 6.45) is 0. The van der Waals surface area contributed by atoms with Crippen molar-refractivity contribution in [2.75, 3.05) is 0 Å². The van der Waals surface area contributed by atoms with E-state index in [4.69, 9.17) is 8.83 Å². The van der Waals surface area contributed by atoms with Crippen LogP contribution in [0.5, 0.6) is 0 Å². The first-order chi connectivity index (χ1) is 37.9. The van der Waals surface area contributed by atoms with Crippen LogP contribution in [-0.4, -0.2) is 0 Å². The van der Waals surface area contributed by atoms with Gasteiger partial charge in [0.1, 0.15) is 22.3 Å². The van der Waals surface area contributed by atoms with Crippen molar-refractivity contribution in [3.05, 3.63) is 308 Å². The average Bonchev–Trinajstić information content (AvgIpc) is 4.16. The summed E-state index contributed by atoms with van der Waals surface area (Å²) >= 11 is 9.13. The molecule has 2 nitrogen and oxygen atoms in total. The van der Waals surface area contributed by atoms with Crippen molar-refractivity contribution < 1.29 is 8.83 Å². The van der Waals surface area contributed by atoms with Gasteiger partial charge in [0, 0.05) is 56.3 Å². The van der Waals surface area contributed by atoms with Crippen LogP contribution in [0.4, 0.5) is 0 Å². The van der Waals surface area contributed by atoms with Gasteiger partial charge in [-0.25, -0.2) is 0 Å². The van der Waals surface area contributed by atoms with Crippen molar-refractivity contribution in [3.63, 3.8) is 0 Å². The highest BCUT2D eigenvalue weighted by Crippen LogP contribution is 2.40. The molecule has 0 unspecified atom stereocenters. The van der Waals surface area contributed by atoms with E-state index in [2.05, 4.69) is 206 Å². The number of benzene rings is 12. The summed E-state index contributed by atoms with van der Waals surface area (Å²) in [6, 6.07) is 93.2. The highest BCUT2D eigenvalue weighted by atomic mass is 127. The van der Waals surface area contributed by atoms with Gasteiger partial charge in [-0.15, -0.1) is 0 Å². The quantitative estimate of drug-likeness (QED) is 0.0979. The molecule has 0 saturated carbocycles. The first-order valence-corrected chi connectivity index (χ1v) is 27.7. The van der Waals surface area contributed by atoms with Crippen LogP contribution in [0.3, 0.4) is 0 Å². The molecule has 2 aromatic heterocycles. The van der Waals surface area contributed by atoms with Gasteiger partial charge in [-0.3, -0.25) is 0 Å². The number of para-hydroxylation sites is 2. The fourth-order valence-corrected chi connectivity index (χ4v) is 10.3. The molecule has 0 amide bonds. The molecule has 0 saturated heterocycles. The van der Waals surface area contributed by atoms with E-state index in [1.807, 2.05) is 146 Å². The van der Waals surface area contributed by atoms with Gasteiger partial charge in [0.05, 0.1) is 0 Å². The molecule has 366 valence electrons. The van der Waals surface area contributed by atoms with Crippen LogP contribution >= 0.6 is 54.5 Å². The second kappa shape index (κ2) is 24.1. The Morgan fingerprint density at radius 3 is 1.42 bits per heavy atom.